The van der Waals surface area contributed by atoms with Crippen LogP contribution in [-0.4, -0.2) is 53.8 Å². The van der Waals surface area contributed by atoms with Crippen molar-refractivity contribution in [3.8, 4) is 12.3 Å². The highest BCUT2D eigenvalue weighted by molar-refractivity contribution is 5.83. The molecule has 0 N–H and O–H groups in total. The summed E-state index contributed by atoms with van der Waals surface area (Å²) in [5.74, 6) is 1.13. The normalized spacial score (nSPS) is 24.4. The zero-order valence-corrected chi connectivity index (χ0v) is 13.5. The maximum atomic E-state index is 12.3. The number of hydrogen-bond donors (Lipinski definition) is 0. The summed E-state index contributed by atoms with van der Waals surface area (Å²) < 4.78 is 15.1. The number of hydrogen-bond acceptors (Lipinski definition) is 6. The van der Waals surface area contributed by atoms with Crippen LogP contribution in [0.25, 0.3) is 0 Å². The van der Waals surface area contributed by atoms with Gasteiger partial charge in [-0.25, -0.2) is 9.59 Å². The van der Waals surface area contributed by atoms with Crippen molar-refractivity contribution in [3.63, 3.8) is 0 Å². The van der Waals surface area contributed by atoms with E-state index in [1.54, 1.807) is 20.8 Å². The van der Waals surface area contributed by atoms with Crippen LogP contribution in [0, 0.1) is 12.3 Å². The number of methoxy groups -OCH3 is 1. The highest BCUT2D eigenvalue weighted by Gasteiger charge is 2.52. The third-order valence-electron chi connectivity index (χ3n) is 3.03. The molecule has 0 bridgehead atoms. The van der Waals surface area contributed by atoms with Crippen molar-refractivity contribution in [1.82, 2.24) is 4.90 Å². The molecule has 0 saturated carbocycles. The summed E-state index contributed by atoms with van der Waals surface area (Å²) in [6.45, 7) is 6.19. The molecule has 1 saturated heterocycles. The van der Waals surface area contributed by atoms with Crippen LogP contribution in [0.5, 0.6) is 0 Å². The van der Waals surface area contributed by atoms with E-state index >= 15 is 0 Å². The van der Waals surface area contributed by atoms with Gasteiger partial charge in [0.15, 0.2) is 5.60 Å². The Morgan fingerprint density at radius 2 is 1.91 bits per heavy atom. The lowest BCUT2D eigenvalue weighted by atomic mass is 10.0. The van der Waals surface area contributed by atoms with Crippen molar-refractivity contribution in [1.29, 1.82) is 0 Å². The molecule has 7 heteroatoms. The molecule has 7 nitrogen and oxygen atoms in total. The first kappa shape index (κ1) is 17.8. The Labute approximate surface area is 129 Å². The lowest BCUT2D eigenvalue weighted by Gasteiger charge is -2.27. The SMILES string of the molecule is C#CC1(OC(C)=O)CC(C(=O)OC)N(C(=O)OC(C)(C)C)C1. The predicted molar refractivity (Wildman–Crippen MR) is 76.7 cm³/mol. The molecule has 22 heavy (non-hydrogen) atoms. The molecule has 1 amide bonds. The van der Waals surface area contributed by atoms with Crippen LogP contribution < -0.4 is 0 Å². The molecule has 0 aromatic rings. The van der Waals surface area contributed by atoms with Crippen molar-refractivity contribution >= 4 is 18.0 Å². The maximum Gasteiger partial charge on any atom is 0.411 e. The quantitative estimate of drug-likeness (QED) is 0.431. The van der Waals surface area contributed by atoms with Crippen LogP contribution in [-0.2, 0) is 23.8 Å². The summed E-state index contributed by atoms with van der Waals surface area (Å²) in [7, 11) is 1.21. The molecule has 1 aliphatic heterocycles. The minimum atomic E-state index is -1.36. The topological polar surface area (TPSA) is 82.1 Å². The zero-order chi connectivity index (χ0) is 17.1. The van der Waals surface area contributed by atoms with E-state index < -0.39 is 35.3 Å². The van der Waals surface area contributed by atoms with E-state index in [1.165, 1.54) is 14.0 Å². The summed E-state index contributed by atoms with van der Waals surface area (Å²) in [5.41, 5.74) is -2.10. The van der Waals surface area contributed by atoms with Crippen LogP contribution in [0.1, 0.15) is 34.1 Å². The molecule has 0 aromatic heterocycles. The second-order valence-corrected chi connectivity index (χ2v) is 6.08. The third-order valence-corrected chi connectivity index (χ3v) is 3.03. The van der Waals surface area contributed by atoms with Crippen LogP contribution in [0.4, 0.5) is 4.79 Å². The van der Waals surface area contributed by atoms with Crippen LogP contribution in [0.2, 0.25) is 0 Å². The van der Waals surface area contributed by atoms with Gasteiger partial charge >= 0.3 is 18.0 Å². The van der Waals surface area contributed by atoms with E-state index in [4.69, 9.17) is 20.6 Å². The number of likely N-dealkylation sites (tertiary alicyclic amines) is 1. The Kier molecular flexibility index (Phi) is 5.07. The Morgan fingerprint density at radius 3 is 2.32 bits per heavy atom. The van der Waals surface area contributed by atoms with Gasteiger partial charge in [-0.05, 0) is 20.8 Å². The largest absolute Gasteiger partial charge is 0.467 e. The number of carbonyl (C=O) groups is 3. The average molecular weight is 311 g/mol. The summed E-state index contributed by atoms with van der Waals surface area (Å²) in [5, 5.41) is 0. The fourth-order valence-corrected chi connectivity index (χ4v) is 2.21. The molecule has 0 radical (unpaired) electrons. The molecule has 122 valence electrons. The first-order chi connectivity index (χ1) is 10.0. The second-order valence-electron chi connectivity index (χ2n) is 6.08. The average Bonchev–Trinajstić information content (AvgIpc) is 2.75. The van der Waals surface area contributed by atoms with E-state index in [1.807, 2.05) is 0 Å². The van der Waals surface area contributed by atoms with Crippen molar-refractivity contribution in [3.05, 3.63) is 0 Å². The van der Waals surface area contributed by atoms with E-state index in [9.17, 15) is 14.4 Å². The Bertz CT molecular complexity index is 515. The standard InChI is InChI=1S/C15H21NO6/c1-7-15(21-10(2)17)8-11(12(18)20-6)16(9-15)13(19)22-14(3,4)5/h1,11H,8-9H2,2-6H3. The third kappa shape index (κ3) is 4.13. The Hall–Kier alpha value is -2.23. The number of esters is 2. The van der Waals surface area contributed by atoms with Gasteiger partial charge in [-0.2, -0.15) is 0 Å². The first-order valence-corrected chi connectivity index (χ1v) is 6.78. The van der Waals surface area contributed by atoms with Crippen molar-refractivity contribution in [2.75, 3.05) is 13.7 Å². The summed E-state index contributed by atoms with van der Waals surface area (Å²) in [4.78, 5) is 36.6. The Balaban J connectivity index is 3.07. The van der Waals surface area contributed by atoms with Gasteiger partial charge < -0.3 is 14.2 Å². The summed E-state index contributed by atoms with van der Waals surface area (Å²) >= 11 is 0. The number of terminal acetylenes is 1. The van der Waals surface area contributed by atoms with Gasteiger partial charge in [0.05, 0.1) is 13.7 Å². The molecular weight excluding hydrogens is 290 g/mol. The second kappa shape index (κ2) is 6.26. The molecule has 1 fully saturated rings. The molecule has 0 aromatic carbocycles. The van der Waals surface area contributed by atoms with Crippen molar-refractivity contribution in [2.24, 2.45) is 0 Å². The van der Waals surface area contributed by atoms with Gasteiger partial charge in [0, 0.05) is 13.3 Å². The summed E-state index contributed by atoms with van der Waals surface area (Å²) in [6.07, 6.45) is 4.70. The van der Waals surface area contributed by atoms with E-state index in [0.717, 1.165) is 4.90 Å². The van der Waals surface area contributed by atoms with Gasteiger partial charge in [0.1, 0.15) is 11.6 Å². The number of carbonyl (C=O) groups excluding carboxylic acids is 3. The van der Waals surface area contributed by atoms with Crippen LogP contribution in [0.3, 0.4) is 0 Å². The molecule has 1 aliphatic rings. The minimum Gasteiger partial charge on any atom is -0.467 e. The molecule has 2 atom stereocenters. The molecule has 0 aliphatic carbocycles. The summed E-state index contributed by atoms with van der Waals surface area (Å²) in [6, 6.07) is -0.963. The van der Waals surface area contributed by atoms with E-state index in [0.29, 0.717) is 0 Å². The highest BCUT2D eigenvalue weighted by atomic mass is 16.6. The molecule has 1 heterocycles. The first-order valence-electron chi connectivity index (χ1n) is 6.78. The number of amides is 1. The van der Waals surface area contributed by atoms with Crippen LogP contribution in [0.15, 0.2) is 0 Å². The monoisotopic (exact) mass is 311 g/mol. The smallest absolute Gasteiger partial charge is 0.411 e. The van der Waals surface area contributed by atoms with Gasteiger partial charge in [0.25, 0.3) is 0 Å². The van der Waals surface area contributed by atoms with Gasteiger partial charge in [-0.15, -0.1) is 6.42 Å². The molecule has 0 spiro atoms. The maximum absolute atomic E-state index is 12.3. The van der Waals surface area contributed by atoms with Crippen LogP contribution >= 0.6 is 0 Å². The Morgan fingerprint density at radius 1 is 1.32 bits per heavy atom. The lowest BCUT2D eigenvalue weighted by Crippen LogP contribution is -2.44. The van der Waals surface area contributed by atoms with Gasteiger partial charge in [-0.3, -0.25) is 9.69 Å². The van der Waals surface area contributed by atoms with Gasteiger partial charge in [0.2, 0.25) is 0 Å². The minimum absolute atomic E-state index is 0.0327. The van der Waals surface area contributed by atoms with Gasteiger partial charge in [-0.1, -0.05) is 5.92 Å². The number of nitrogens with zero attached hydrogens (tertiary/aromatic N) is 1. The highest BCUT2D eigenvalue weighted by Crippen LogP contribution is 2.32. The molecule has 1 rings (SSSR count). The lowest BCUT2D eigenvalue weighted by molar-refractivity contribution is -0.151. The predicted octanol–water partition coefficient (Wildman–Crippen LogP) is 1.10. The zero-order valence-electron chi connectivity index (χ0n) is 13.5. The molecule has 2 unspecified atom stereocenters. The van der Waals surface area contributed by atoms with Crippen molar-refractivity contribution < 1.29 is 28.6 Å². The number of ether oxygens (including phenoxy) is 3. The number of rotatable bonds is 2. The fraction of sp³-hybridized carbons (Fsp3) is 0.667. The fourth-order valence-electron chi connectivity index (χ4n) is 2.21. The molecular formula is C15H21NO6. The van der Waals surface area contributed by atoms with Crippen molar-refractivity contribution in [2.45, 2.75) is 51.4 Å². The van der Waals surface area contributed by atoms with E-state index in [2.05, 4.69) is 5.92 Å². The van der Waals surface area contributed by atoms with E-state index in [-0.39, 0.29) is 13.0 Å².